The van der Waals surface area contributed by atoms with E-state index in [2.05, 4.69) is 5.32 Å². The highest BCUT2D eigenvalue weighted by molar-refractivity contribution is 5.98. The lowest BCUT2D eigenvalue weighted by molar-refractivity contribution is -0.124. The Morgan fingerprint density at radius 1 is 0.935 bits per heavy atom. The molecule has 2 atom stereocenters. The first-order chi connectivity index (χ1) is 15.2. The molecule has 162 valence electrons. The summed E-state index contributed by atoms with van der Waals surface area (Å²) < 4.78 is 16.8. The summed E-state index contributed by atoms with van der Waals surface area (Å²) in [5.41, 5.74) is 2.23. The molecule has 3 aliphatic heterocycles. The number of nitrogens with one attached hydrogen (secondary N) is 1. The van der Waals surface area contributed by atoms with Gasteiger partial charge in [0, 0.05) is 24.4 Å². The molecule has 7 heteroatoms. The van der Waals surface area contributed by atoms with E-state index in [-0.39, 0.29) is 17.9 Å². The maximum Gasteiger partial charge on any atom is 0.254 e. The molecule has 0 saturated carbocycles. The zero-order chi connectivity index (χ0) is 21.2. The van der Waals surface area contributed by atoms with Crippen LogP contribution in [0.1, 0.15) is 47.6 Å². The molecular formula is C24H26N2O5. The third kappa shape index (κ3) is 4.10. The number of amides is 2. The van der Waals surface area contributed by atoms with E-state index >= 15 is 0 Å². The minimum absolute atomic E-state index is 0.00605. The molecule has 0 spiro atoms. The van der Waals surface area contributed by atoms with Crippen molar-refractivity contribution < 1.29 is 23.8 Å². The number of anilines is 1. The number of carbonyl (C=O) groups is 2. The number of benzene rings is 2. The van der Waals surface area contributed by atoms with Crippen LogP contribution in [0.15, 0.2) is 42.5 Å². The molecule has 3 heterocycles. The van der Waals surface area contributed by atoms with Gasteiger partial charge in [-0.15, -0.1) is 0 Å². The molecule has 2 fully saturated rings. The van der Waals surface area contributed by atoms with E-state index in [0.717, 1.165) is 42.7 Å². The van der Waals surface area contributed by atoms with Crippen LogP contribution in [-0.4, -0.2) is 49.2 Å². The average molecular weight is 422 g/mol. The first-order valence-electron chi connectivity index (χ1n) is 10.9. The number of hydrogen-bond donors (Lipinski definition) is 1. The normalized spacial score (nSPS) is 22.4. The SMILES string of the molecule is O=C(Nc1cccc(C(=O)N2CCC[C@@H]2c2ccc3c(c2)OCCO3)c1)[C@@H]1CCCO1. The molecule has 0 radical (unpaired) electrons. The van der Waals surface area contributed by atoms with Crippen LogP contribution >= 0.6 is 0 Å². The van der Waals surface area contributed by atoms with Crippen LogP contribution in [-0.2, 0) is 9.53 Å². The Morgan fingerprint density at radius 3 is 2.65 bits per heavy atom. The van der Waals surface area contributed by atoms with Crippen molar-refractivity contribution in [2.75, 3.05) is 31.7 Å². The summed E-state index contributed by atoms with van der Waals surface area (Å²) in [5.74, 6) is 1.30. The summed E-state index contributed by atoms with van der Waals surface area (Å²) in [6.07, 6.45) is 3.07. The van der Waals surface area contributed by atoms with Crippen LogP contribution in [0.5, 0.6) is 11.5 Å². The number of carbonyl (C=O) groups excluding carboxylic acids is 2. The smallest absolute Gasteiger partial charge is 0.254 e. The Bertz CT molecular complexity index is 986. The van der Waals surface area contributed by atoms with Crippen molar-refractivity contribution in [2.45, 2.75) is 37.8 Å². The molecule has 5 rings (SSSR count). The summed E-state index contributed by atoms with van der Waals surface area (Å²) >= 11 is 0. The predicted octanol–water partition coefficient (Wildman–Crippen LogP) is 3.55. The Balaban J connectivity index is 1.32. The van der Waals surface area contributed by atoms with Crippen LogP contribution < -0.4 is 14.8 Å². The maximum absolute atomic E-state index is 13.3. The van der Waals surface area contributed by atoms with E-state index in [4.69, 9.17) is 14.2 Å². The monoisotopic (exact) mass is 422 g/mol. The maximum atomic E-state index is 13.3. The van der Waals surface area contributed by atoms with Gasteiger partial charge in [-0.2, -0.15) is 0 Å². The number of rotatable bonds is 4. The van der Waals surface area contributed by atoms with Crippen LogP contribution in [0.2, 0.25) is 0 Å². The van der Waals surface area contributed by atoms with E-state index in [0.29, 0.717) is 37.6 Å². The Kier molecular flexibility index (Phi) is 5.51. The third-order valence-electron chi connectivity index (χ3n) is 6.06. The highest BCUT2D eigenvalue weighted by Crippen LogP contribution is 2.38. The number of fused-ring (bicyclic) bond motifs is 1. The molecule has 2 saturated heterocycles. The Hall–Kier alpha value is -3.06. The second-order valence-electron chi connectivity index (χ2n) is 8.13. The lowest BCUT2D eigenvalue weighted by atomic mass is 10.0. The van der Waals surface area contributed by atoms with Crippen molar-refractivity contribution in [3.05, 3.63) is 53.6 Å². The second kappa shape index (κ2) is 8.59. The molecule has 0 aliphatic carbocycles. The van der Waals surface area contributed by atoms with Crippen molar-refractivity contribution >= 4 is 17.5 Å². The topological polar surface area (TPSA) is 77.1 Å². The summed E-state index contributed by atoms with van der Waals surface area (Å²) in [7, 11) is 0. The summed E-state index contributed by atoms with van der Waals surface area (Å²) in [5, 5.41) is 2.88. The van der Waals surface area contributed by atoms with Gasteiger partial charge in [-0.25, -0.2) is 0 Å². The van der Waals surface area contributed by atoms with Crippen molar-refractivity contribution in [2.24, 2.45) is 0 Å². The predicted molar refractivity (Wildman–Crippen MR) is 114 cm³/mol. The molecular weight excluding hydrogens is 396 g/mol. The zero-order valence-electron chi connectivity index (χ0n) is 17.3. The van der Waals surface area contributed by atoms with Crippen LogP contribution in [0.3, 0.4) is 0 Å². The van der Waals surface area contributed by atoms with Crippen molar-refractivity contribution in [3.8, 4) is 11.5 Å². The van der Waals surface area contributed by atoms with E-state index in [1.165, 1.54) is 0 Å². The van der Waals surface area contributed by atoms with Gasteiger partial charge in [0.25, 0.3) is 11.8 Å². The van der Waals surface area contributed by atoms with Gasteiger partial charge in [0.05, 0.1) is 6.04 Å². The van der Waals surface area contributed by atoms with E-state index in [9.17, 15) is 9.59 Å². The number of nitrogens with zero attached hydrogens (tertiary/aromatic N) is 1. The van der Waals surface area contributed by atoms with Gasteiger partial charge in [-0.3, -0.25) is 9.59 Å². The van der Waals surface area contributed by atoms with E-state index < -0.39 is 6.10 Å². The minimum atomic E-state index is -0.405. The van der Waals surface area contributed by atoms with Gasteiger partial charge in [0.1, 0.15) is 19.3 Å². The Morgan fingerprint density at radius 2 is 1.81 bits per heavy atom. The summed E-state index contributed by atoms with van der Waals surface area (Å²) in [4.78, 5) is 27.6. The molecule has 0 aromatic heterocycles. The molecule has 31 heavy (non-hydrogen) atoms. The fourth-order valence-corrected chi connectivity index (χ4v) is 4.53. The number of ether oxygens (including phenoxy) is 3. The van der Waals surface area contributed by atoms with Crippen LogP contribution in [0.25, 0.3) is 0 Å². The van der Waals surface area contributed by atoms with Gasteiger partial charge in [0.2, 0.25) is 0 Å². The number of likely N-dealkylation sites (tertiary alicyclic amines) is 1. The fraction of sp³-hybridized carbons (Fsp3) is 0.417. The van der Waals surface area contributed by atoms with Crippen molar-refractivity contribution in [3.63, 3.8) is 0 Å². The van der Waals surface area contributed by atoms with Gasteiger partial charge >= 0.3 is 0 Å². The summed E-state index contributed by atoms with van der Waals surface area (Å²) in [6, 6.07) is 13.1. The van der Waals surface area contributed by atoms with Crippen molar-refractivity contribution in [1.82, 2.24) is 4.90 Å². The van der Waals surface area contributed by atoms with Gasteiger partial charge < -0.3 is 24.4 Å². The molecule has 2 aromatic rings. The highest BCUT2D eigenvalue weighted by Gasteiger charge is 2.32. The first kappa shape index (κ1) is 19.9. The largest absolute Gasteiger partial charge is 0.486 e. The minimum Gasteiger partial charge on any atom is -0.486 e. The van der Waals surface area contributed by atoms with Gasteiger partial charge in [0.15, 0.2) is 11.5 Å². The van der Waals surface area contributed by atoms with E-state index in [1.807, 2.05) is 23.1 Å². The van der Waals surface area contributed by atoms with Crippen molar-refractivity contribution in [1.29, 1.82) is 0 Å². The second-order valence-corrected chi connectivity index (χ2v) is 8.13. The average Bonchev–Trinajstić information content (AvgIpc) is 3.51. The summed E-state index contributed by atoms with van der Waals surface area (Å²) in [6.45, 7) is 2.41. The standard InChI is InChI=1S/C24H26N2O5/c27-23(21-7-3-11-29-21)25-18-5-1-4-17(14-18)24(28)26-10-2-6-19(26)16-8-9-20-22(15-16)31-13-12-30-20/h1,4-5,8-9,14-15,19,21H,2-3,6-7,10-13H2,(H,25,27)/t19-,21+/m1/s1. The molecule has 3 aliphatic rings. The van der Waals surface area contributed by atoms with E-state index in [1.54, 1.807) is 24.3 Å². The molecule has 0 bridgehead atoms. The number of hydrogen-bond acceptors (Lipinski definition) is 5. The molecule has 2 amide bonds. The third-order valence-corrected chi connectivity index (χ3v) is 6.06. The molecule has 7 nitrogen and oxygen atoms in total. The highest BCUT2D eigenvalue weighted by atomic mass is 16.6. The molecule has 1 N–H and O–H groups in total. The van der Waals surface area contributed by atoms with Gasteiger partial charge in [-0.05, 0) is 61.6 Å². The van der Waals surface area contributed by atoms with Crippen LogP contribution in [0, 0.1) is 0 Å². The van der Waals surface area contributed by atoms with Crippen LogP contribution in [0.4, 0.5) is 5.69 Å². The fourth-order valence-electron chi connectivity index (χ4n) is 4.53. The Labute approximate surface area is 181 Å². The molecule has 0 unspecified atom stereocenters. The van der Waals surface area contributed by atoms with Gasteiger partial charge in [-0.1, -0.05) is 12.1 Å². The lowest BCUT2D eigenvalue weighted by Gasteiger charge is -2.27. The first-order valence-corrected chi connectivity index (χ1v) is 10.9. The lowest BCUT2D eigenvalue weighted by Crippen LogP contribution is -2.31. The quantitative estimate of drug-likeness (QED) is 0.815. The molecule has 2 aromatic carbocycles. The zero-order valence-corrected chi connectivity index (χ0v) is 17.3.